The van der Waals surface area contributed by atoms with Crippen molar-refractivity contribution in [3.05, 3.63) is 108 Å². The smallest absolute Gasteiger partial charge is 0.118 e. The van der Waals surface area contributed by atoms with Crippen molar-refractivity contribution < 1.29 is 0 Å². The highest BCUT2D eigenvalue weighted by atomic mass is 28.3. The summed E-state index contributed by atoms with van der Waals surface area (Å²) >= 11 is 0. The summed E-state index contributed by atoms with van der Waals surface area (Å²) in [5.41, 5.74) is 16.2. The molecular formula is C35H31NSi. The maximum absolute atomic E-state index is 2.55. The van der Waals surface area contributed by atoms with Crippen molar-refractivity contribution in [3.8, 4) is 44.5 Å². The lowest BCUT2D eigenvalue weighted by atomic mass is 9.80. The first-order valence-electron chi connectivity index (χ1n) is 13.2. The van der Waals surface area contributed by atoms with Gasteiger partial charge in [-0.1, -0.05) is 104 Å². The van der Waals surface area contributed by atoms with Crippen molar-refractivity contribution in [3.63, 3.8) is 0 Å². The van der Waals surface area contributed by atoms with Gasteiger partial charge in [0.25, 0.3) is 0 Å². The zero-order chi connectivity index (χ0) is 25.5. The number of fused-ring (bicyclic) bond motifs is 11. The molecule has 5 aromatic rings. The molecule has 0 amide bonds. The minimum Gasteiger partial charge on any atom is -0.345 e. The van der Waals surface area contributed by atoms with Gasteiger partial charge >= 0.3 is 0 Å². The van der Waals surface area contributed by atoms with Crippen LogP contribution in [0.15, 0.2) is 97.1 Å². The Morgan fingerprint density at radius 3 is 1.62 bits per heavy atom. The van der Waals surface area contributed by atoms with Crippen LogP contribution in [0.2, 0.25) is 13.1 Å². The number of hydrogen-bond donors (Lipinski definition) is 0. The molecule has 1 aliphatic heterocycles. The number of hydrogen-bond acceptors (Lipinski definition) is 1. The van der Waals surface area contributed by atoms with Crippen LogP contribution in [0.5, 0.6) is 0 Å². The van der Waals surface area contributed by atoms with Crippen molar-refractivity contribution in [1.82, 2.24) is 0 Å². The summed E-state index contributed by atoms with van der Waals surface area (Å²) in [6.07, 6.45) is 0. The second-order valence-electron chi connectivity index (χ2n) is 11.2. The minimum absolute atomic E-state index is 1.31. The topological polar surface area (TPSA) is 3.24 Å². The third-order valence-electron chi connectivity index (χ3n) is 8.56. The van der Waals surface area contributed by atoms with E-state index in [0.717, 1.165) is 0 Å². The number of benzene rings is 5. The van der Waals surface area contributed by atoms with Gasteiger partial charge in [0.15, 0.2) is 0 Å². The Kier molecular flexibility index (Phi) is 4.71. The number of nitrogens with zero attached hydrogens (tertiary/aromatic N) is 1. The fourth-order valence-electron chi connectivity index (χ4n) is 6.88. The van der Waals surface area contributed by atoms with Gasteiger partial charge < -0.3 is 4.90 Å². The van der Waals surface area contributed by atoms with Gasteiger partial charge in [0.05, 0.1) is 0 Å². The first kappa shape index (κ1) is 22.3. The molecule has 0 spiro atoms. The summed E-state index contributed by atoms with van der Waals surface area (Å²) in [6.45, 7) is 9.64. The third kappa shape index (κ3) is 3.03. The highest BCUT2D eigenvalue weighted by Crippen LogP contribution is 2.50. The zero-order valence-electron chi connectivity index (χ0n) is 22.2. The average molecular weight is 494 g/mol. The summed E-state index contributed by atoms with van der Waals surface area (Å²) in [5.74, 6) is 0. The molecule has 0 atom stereocenters. The van der Waals surface area contributed by atoms with E-state index in [1.54, 1.807) is 5.19 Å². The van der Waals surface area contributed by atoms with Gasteiger partial charge in [-0.3, -0.25) is 0 Å². The molecule has 180 valence electrons. The lowest BCUT2D eigenvalue weighted by molar-refractivity contribution is 1.19. The maximum atomic E-state index is 2.55. The van der Waals surface area contributed by atoms with E-state index < -0.39 is 8.07 Å². The molecular weight excluding hydrogens is 462 g/mol. The van der Waals surface area contributed by atoms with E-state index in [2.05, 4.69) is 136 Å². The van der Waals surface area contributed by atoms with E-state index in [0.29, 0.717) is 0 Å². The van der Waals surface area contributed by atoms with Crippen LogP contribution in [0.1, 0.15) is 11.1 Å². The molecule has 0 saturated heterocycles. The van der Waals surface area contributed by atoms with Crippen LogP contribution in [0, 0.1) is 13.8 Å². The molecule has 2 heteroatoms. The molecule has 5 aromatic carbocycles. The molecule has 0 unspecified atom stereocenters. The van der Waals surface area contributed by atoms with E-state index in [4.69, 9.17) is 0 Å². The van der Waals surface area contributed by atoms with Gasteiger partial charge in [0.1, 0.15) is 8.07 Å². The number of rotatable bonds is 0. The molecule has 0 fully saturated rings. The minimum atomic E-state index is -2.08. The maximum Gasteiger partial charge on any atom is 0.118 e. The van der Waals surface area contributed by atoms with Crippen LogP contribution in [0.4, 0.5) is 11.4 Å². The Bertz CT molecular complexity index is 1740. The zero-order valence-corrected chi connectivity index (χ0v) is 23.2. The predicted molar refractivity (Wildman–Crippen MR) is 162 cm³/mol. The first-order chi connectivity index (χ1) is 17.9. The van der Waals surface area contributed by atoms with Crippen molar-refractivity contribution in [2.75, 3.05) is 11.9 Å². The molecule has 1 aliphatic carbocycles. The van der Waals surface area contributed by atoms with Crippen molar-refractivity contribution in [1.29, 1.82) is 0 Å². The standard InChI is InChI=1S/C35H31NSi/c1-22-18-19-31-32(20-22)37(4,5)35-33-29-17-11-10-15-27(29)25-13-7-6-12-24(25)26-14-8-9-16-28(26)30(33)21-23(2)34(35)36(31)3/h6-21H,1-5H3. The average Bonchev–Trinajstić information content (AvgIpc) is 2.91. The van der Waals surface area contributed by atoms with E-state index in [9.17, 15) is 0 Å². The van der Waals surface area contributed by atoms with Gasteiger partial charge in [0.2, 0.25) is 0 Å². The van der Waals surface area contributed by atoms with Crippen LogP contribution >= 0.6 is 0 Å². The summed E-state index contributed by atoms with van der Waals surface area (Å²) in [7, 11) is 0.181. The monoisotopic (exact) mass is 493 g/mol. The molecule has 0 radical (unpaired) electrons. The fourth-order valence-corrected chi connectivity index (χ4v) is 10.5. The summed E-state index contributed by atoms with van der Waals surface area (Å²) < 4.78 is 0. The Morgan fingerprint density at radius 2 is 1.05 bits per heavy atom. The molecule has 2 aliphatic rings. The molecule has 37 heavy (non-hydrogen) atoms. The highest BCUT2D eigenvalue weighted by molar-refractivity contribution is 7.03. The molecule has 0 aromatic heterocycles. The Morgan fingerprint density at radius 1 is 0.568 bits per heavy atom. The van der Waals surface area contributed by atoms with Crippen molar-refractivity contribution in [2.24, 2.45) is 0 Å². The van der Waals surface area contributed by atoms with Crippen LogP contribution in [-0.4, -0.2) is 15.1 Å². The van der Waals surface area contributed by atoms with E-state index in [1.165, 1.54) is 72.2 Å². The largest absolute Gasteiger partial charge is 0.345 e. The second-order valence-corrected chi connectivity index (χ2v) is 15.5. The Balaban J connectivity index is 1.70. The summed E-state index contributed by atoms with van der Waals surface area (Å²) in [6, 6.07) is 36.5. The van der Waals surface area contributed by atoms with Gasteiger partial charge in [-0.05, 0) is 86.4 Å². The fraction of sp³-hybridized carbons (Fsp3) is 0.143. The van der Waals surface area contributed by atoms with E-state index >= 15 is 0 Å². The quantitative estimate of drug-likeness (QED) is 0.193. The van der Waals surface area contributed by atoms with Crippen molar-refractivity contribution in [2.45, 2.75) is 26.9 Å². The summed E-state index contributed by atoms with van der Waals surface area (Å²) in [4.78, 5) is 2.46. The molecule has 1 heterocycles. The SMILES string of the molecule is Cc1ccc2c(c1)[Si](C)(C)c1c3c(cc(C)c1N2C)-c1ccccc1-c1ccccc1-c1ccccc1-3. The van der Waals surface area contributed by atoms with Gasteiger partial charge in [-0.25, -0.2) is 0 Å². The lowest BCUT2D eigenvalue weighted by Crippen LogP contribution is -2.59. The molecule has 0 bridgehead atoms. The predicted octanol–water partition coefficient (Wildman–Crippen LogP) is 8.19. The van der Waals surface area contributed by atoms with Gasteiger partial charge in [0, 0.05) is 18.4 Å². The van der Waals surface area contributed by atoms with Crippen LogP contribution < -0.4 is 15.3 Å². The molecule has 7 rings (SSSR count). The number of anilines is 2. The third-order valence-corrected chi connectivity index (χ3v) is 12.0. The number of aryl methyl sites for hydroxylation is 2. The van der Waals surface area contributed by atoms with Crippen LogP contribution in [0.25, 0.3) is 44.5 Å². The Labute approximate surface area is 221 Å². The normalized spacial score (nSPS) is 14.2. The Hall–Kier alpha value is -3.88. The highest BCUT2D eigenvalue weighted by Gasteiger charge is 2.41. The van der Waals surface area contributed by atoms with Crippen LogP contribution in [-0.2, 0) is 0 Å². The lowest BCUT2D eigenvalue weighted by Gasteiger charge is -2.43. The molecule has 0 N–H and O–H groups in total. The van der Waals surface area contributed by atoms with Gasteiger partial charge in [-0.15, -0.1) is 0 Å². The summed E-state index contributed by atoms with van der Waals surface area (Å²) in [5, 5.41) is 3.09. The molecule has 1 nitrogen and oxygen atoms in total. The van der Waals surface area contributed by atoms with E-state index in [-0.39, 0.29) is 0 Å². The van der Waals surface area contributed by atoms with E-state index in [1.807, 2.05) is 0 Å². The first-order valence-corrected chi connectivity index (χ1v) is 16.2. The van der Waals surface area contributed by atoms with Gasteiger partial charge in [-0.2, -0.15) is 0 Å². The van der Waals surface area contributed by atoms with Crippen molar-refractivity contribution >= 4 is 29.8 Å². The second kappa shape index (κ2) is 7.81. The van der Waals surface area contributed by atoms with Crippen LogP contribution in [0.3, 0.4) is 0 Å². The molecule has 0 saturated carbocycles.